The summed E-state index contributed by atoms with van der Waals surface area (Å²) >= 11 is 0. The summed E-state index contributed by atoms with van der Waals surface area (Å²) < 4.78 is 5.94. The number of nitro groups is 1. The molecule has 3 rings (SSSR count). The standard InChI is InChI=1S/C30H41N3O4/c1-4-7-11-24-22-31-26-16-17-27(33(35)36)29(28(24)26)30(34)23-12-14-25(15-13-23)37-21-10-20-32(18-8-5-2)19-9-6-3/h12-17,22,31H,4-11,18-21H2,1-3H3. The Bertz CT molecular complexity index is 1150. The molecular formula is C30H41N3O4. The Labute approximate surface area is 220 Å². The fraction of sp³-hybridized carbons (Fsp3) is 0.500. The van der Waals surface area contributed by atoms with Crippen molar-refractivity contribution in [2.24, 2.45) is 0 Å². The highest BCUT2D eigenvalue weighted by molar-refractivity contribution is 6.19. The first kappa shape index (κ1) is 28.4. The lowest BCUT2D eigenvalue weighted by atomic mass is 9.94. The normalized spacial score (nSPS) is 11.4. The van der Waals surface area contributed by atoms with E-state index in [9.17, 15) is 14.9 Å². The maximum atomic E-state index is 13.6. The Balaban J connectivity index is 1.70. The Morgan fingerprint density at radius 2 is 1.57 bits per heavy atom. The number of nitrogens with zero attached hydrogens (tertiary/aromatic N) is 2. The van der Waals surface area contributed by atoms with Crippen molar-refractivity contribution >= 4 is 22.4 Å². The van der Waals surface area contributed by atoms with Crippen molar-refractivity contribution in [3.8, 4) is 5.75 Å². The van der Waals surface area contributed by atoms with Gasteiger partial charge in [-0.3, -0.25) is 14.9 Å². The molecule has 7 heteroatoms. The monoisotopic (exact) mass is 507 g/mol. The Kier molecular flexibility index (Phi) is 11.1. The lowest BCUT2D eigenvalue weighted by Gasteiger charge is -2.21. The molecule has 1 N–H and O–H groups in total. The minimum Gasteiger partial charge on any atom is -0.494 e. The SMILES string of the molecule is CCCCc1c[nH]c2ccc([N+](=O)[O-])c(C(=O)c3ccc(OCCCN(CCCC)CCCC)cc3)c12. The van der Waals surface area contributed by atoms with Crippen LogP contribution in [0.25, 0.3) is 10.9 Å². The summed E-state index contributed by atoms with van der Waals surface area (Å²) in [6, 6.07) is 10.1. The molecule has 0 atom stereocenters. The molecular weight excluding hydrogens is 466 g/mol. The average Bonchev–Trinajstić information content (AvgIpc) is 3.33. The average molecular weight is 508 g/mol. The number of nitro benzene ring substituents is 1. The Morgan fingerprint density at radius 3 is 2.19 bits per heavy atom. The number of aromatic amines is 1. The molecule has 1 aromatic heterocycles. The summed E-state index contributed by atoms with van der Waals surface area (Å²) in [4.78, 5) is 30.6. The first-order chi connectivity index (χ1) is 18.0. The van der Waals surface area contributed by atoms with Crippen molar-refractivity contribution in [3.63, 3.8) is 0 Å². The summed E-state index contributed by atoms with van der Waals surface area (Å²) in [5.41, 5.74) is 2.09. The van der Waals surface area contributed by atoms with Crippen LogP contribution in [0.2, 0.25) is 0 Å². The number of benzene rings is 2. The van der Waals surface area contributed by atoms with E-state index in [4.69, 9.17) is 4.74 Å². The Morgan fingerprint density at radius 1 is 0.919 bits per heavy atom. The Hall–Kier alpha value is -3.19. The number of aromatic nitrogens is 1. The van der Waals surface area contributed by atoms with Gasteiger partial charge in [0.1, 0.15) is 11.3 Å². The van der Waals surface area contributed by atoms with Crippen LogP contribution < -0.4 is 4.74 Å². The van der Waals surface area contributed by atoms with Gasteiger partial charge in [0.15, 0.2) is 0 Å². The van der Waals surface area contributed by atoms with Crippen LogP contribution in [-0.4, -0.2) is 46.8 Å². The molecule has 0 unspecified atom stereocenters. The fourth-order valence-electron chi connectivity index (χ4n) is 4.65. The molecule has 1 heterocycles. The number of unbranched alkanes of at least 4 members (excludes halogenated alkanes) is 3. The largest absolute Gasteiger partial charge is 0.494 e. The van der Waals surface area contributed by atoms with Gasteiger partial charge < -0.3 is 14.6 Å². The lowest BCUT2D eigenvalue weighted by Crippen LogP contribution is -2.28. The maximum absolute atomic E-state index is 13.6. The number of fused-ring (bicyclic) bond motifs is 1. The predicted octanol–water partition coefficient (Wildman–Crippen LogP) is 7.32. The first-order valence-corrected chi connectivity index (χ1v) is 13.8. The summed E-state index contributed by atoms with van der Waals surface area (Å²) in [5, 5.41) is 12.5. The summed E-state index contributed by atoms with van der Waals surface area (Å²) in [6.07, 6.45) is 10.4. The van der Waals surface area contributed by atoms with Crippen molar-refractivity contribution in [3.05, 3.63) is 69.4 Å². The van der Waals surface area contributed by atoms with Crippen LogP contribution in [0.3, 0.4) is 0 Å². The summed E-state index contributed by atoms with van der Waals surface area (Å²) in [7, 11) is 0. The van der Waals surface area contributed by atoms with Crippen molar-refractivity contribution in [2.75, 3.05) is 26.2 Å². The predicted molar refractivity (Wildman–Crippen MR) is 150 cm³/mol. The van der Waals surface area contributed by atoms with E-state index in [2.05, 4.69) is 30.7 Å². The highest BCUT2D eigenvalue weighted by Crippen LogP contribution is 2.33. The third-order valence-electron chi connectivity index (χ3n) is 6.79. The van der Waals surface area contributed by atoms with Crippen LogP contribution >= 0.6 is 0 Å². The molecule has 0 aliphatic heterocycles. The number of rotatable bonds is 17. The number of aryl methyl sites for hydroxylation is 1. The second-order valence-electron chi connectivity index (χ2n) is 9.66. The van der Waals surface area contributed by atoms with E-state index in [-0.39, 0.29) is 17.0 Å². The number of ether oxygens (including phenoxy) is 1. The van der Waals surface area contributed by atoms with E-state index < -0.39 is 4.92 Å². The van der Waals surface area contributed by atoms with Crippen LogP contribution in [0, 0.1) is 10.1 Å². The van der Waals surface area contributed by atoms with E-state index in [1.165, 1.54) is 31.7 Å². The molecule has 0 saturated carbocycles. The van der Waals surface area contributed by atoms with Gasteiger partial charge in [-0.2, -0.15) is 0 Å². The van der Waals surface area contributed by atoms with Gasteiger partial charge >= 0.3 is 0 Å². The number of ketones is 1. The van der Waals surface area contributed by atoms with Gasteiger partial charge in [0, 0.05) is 35.3 Å². The quantitative estimate of drug-likeness (QED) is 0.0895. The lowest BCUT2D eigenvalue weighted by molar-refractivity contribution is -0.385. The second-order valence-corrected chi connectivity index (χ2v) is 9.66. The fourth-order valence-corrected chi connectivity index (χ4v) is 4.65. The number of hydrogen-bond donors (Lipinski definition) is 1. The van der Waals surface area contributed by atoms with Crippen molar-refractivity contribution in [2.45, 2.75) is 72.1 Å². The van der Waals surface area contributed by atoms with Crippen LogP contribution in [0.15, 0.2) is 42.6 Å². The number of carbonyl (C=O) groups is 1. The van der Waals surface area contributed by atoms with E-state index in [0.717, 1.165) is 56.4 Å². The smallest absolute Gasteiger partial charge is 0.281 e. The molecule has 0 amide bonds. The number of nitrogens with one attached hydrogen (secondary N) is 1. The van der Waals surface area contributed by atoms with E-state index >= 15 is 0 Å². The molecule has 0 aliphatic carbocycles. The molecule has 0 radical (unpaired) electrons. The summed E-state index contributed by atoms with van der Waals surface area (Å²) in [6.45, 7) is 10.4. The van der Waals surface area contributed by atoms with Gasteiger partial charge in [0.25, 0.3) is 5.69 Å². The van der Waals surface area contributed by atoms with Crippen LogP contribution in [-0.2, 0) is 6.42 Å². The van der Waals surface area contributed by atoms with Crippen LogP contribution in [0.1, 0.15) is 87.2 Å². The van der Waals surface area contributed by atoms with Gasteiger partial charge in [-0.15, -0.1) is 0 Å². The topological polar surface area (TPSA) is 88.5 Å². The number of hydrogen-bond acceptors (Lipinski definition) is 5. The van der Waals surface area contributed by atoms with Gasteiger partial charge in [-0.25, -0.2) is 0 Å². The molecule has 2 aromatic carbocycles. The van der Waals surface area contributed by atoms with E-state index in [0.29, 0.717) is 23.3 Å². The minimum absolute atomic E-state index is 0.155. The zero-order chi connectivity index (χ0) is 26.6. The second kappa shape index (κ2) is 14.5. The molecule has 0 saturated heterocycles. The van der Waals surface area contributed by atoms with Crippen molar-refractivity contribution < 1.29 is 14.5 Å². The zero-order valence-corrected chi connectivity index (χ0v) is 22.6. The number of H-pyrrole nitrogens is 1. The molecule has 37 heavy (non-hydrogen) atoms. The molecule has 3 aromatic rings. The molecule has 200 valence electrons. The maximum Gasteiger partial charge on any atom is 0.281 e. The van der Waals surface area contributed by atoms with E-state index in [1.807, 2.05) is 6.20 Å². The van der Waals surface area contributed by atoms with Gasteiger partial charge in [0.05, 0.1) is 11.5 Å². The van der Waals surface area contributed by atoms with Crippen molar-refractivity contribution in [1.82, 2.24) is 9.88 Å². The highest BCUT2D eigenvalue weighted by Gasteiger charge is 2.26. The van der Waals surface area contributed by atoms with Crippen LogP contribution in [0.5, 0.6) is 5.75 Å². The molecule has 0 bridgehead atoms. The molecule has 7 nitrogen and oxygen atoms in total. The first-order valence-electron chi connectivity index (χ1n) is 13.8. The summed E-state index contributed by atoms with van der Waals surface area (Å²) in [5.74, 6) is 0.354. The van der Waals surface area contributed by atoms with Crippen molar-refractivity contribution in [1.29, 1.82) is 0 Å². The van der Waals surface area contributed by atoms with E-state index in [1.54, 1.807) is 30.3 Å². The zero-order valence-electron chi connectivity index (χ0n) is 22.6. The van der Waals surface area contributed by atoms with Crippen LogP contribution in [0.4, 0.5) is 5.69 Å². The van der Waals surface area contributed by atoms with Gasteiger partial charge in [-0.05, 0) is 81.1 Å². The van der Waals surface area contributed by atoms with Gasteiger partial charge in [0.2, 0.25) is 5.78 Å². The minimum atomic E-state index is -0.467. The third-order valence-corrected chi connectivity index (χ3v) is 6.79. The molecule has 0 aliphatic rings. The molecule has 0 fully saturated rings. The number of carbonyl (C=O) groups excluding carboxylic acids is 1. The molecule has 0 spiro atoms. The third kappa shape index (κ3) is 7.65. The van der Waals surface area contributed by atoms with Gasteiger partial charge in [-0.1, -0.05) is 40.0 Å². The highest BCUT2D eigenvalue weighted by atomic mass is 16.6.